The first-order chi connectivity index (χ1) is 14.0. The van der Waals surface area contributed by atoms with Gasteiger partial charge in [0.2, 0.25) is 5.82 Å². The highest BCUT2D eigenvalue weighted by molar-refractivity contribution is 7.16. The number of nitrogens with one attached hydrogen (secondary N) is 1. The Labute approximate surface area is 171 Å². The third-order valence-electron chi connectivity index (χ3n) is 3.85. The fourth-order valence-electron chi connectivity index (χ4n) is 2.26. The number of esters is 1. The first-order valence-electron chi connectivity index (χ1n) is 8.20. The van der Waals surface area contributed by atoms with Gasteiger partial charge in [-0.05, 0) is 18.1 Å². The van der Waals surface area contributed by atoms with Crippen molar-refractivity contribution < 1.29 is 36.3 Å². The van der Waals surface area contributed by atoms with Gasteiger partial charge in [-0.15, -0.1) is 11.3 Å². The second-order valence-corrected chi connectivity index (χ2v) is 7.23. The van der Waals surface area contributed by atoms with Crippen LogP contribution in [0, 0.1) is 40.4 Å². The van der Waals surface area contributed by atoms with Crippen molar-refractivity contribution in [3.63, 3.8) is 0 Å². The summed E-state index contributed by atoms with van der Waals surface area (Å²) in [5.74, 6) is -13.2. The molecule has 1 heterocycles. The quantitative estimate of drug-likeness (QED) is 0.178. The predicted molar refractivity (Wildman–Crippen MR) is 98.2 cm³/mol. The zero-order valence-corrected chi connectivity index (χ0v) is 16.5. The molecule has 0 bridgehead atoms. The molecule has 0 fully saturated rings. The van der Waals surface area contributed by atoms with Crippen LogP contribution in [0.5, 0.6) is 0 Å². The predicted octanol–water partition coefficient (Wildman–Crippen LogP) is 4.90. The SMILES string of the molecule is COC(=O)c1cc(C(C)C)sc1NC(=O)C(C#N)=Cc1c(F)c(F)c(F)c(F)c1F. The smallest absolute Gasteiger partial charge is 0.340 e. The molecule has 1 N–H and O–H groups in total. The van der Waals surface area contributed by atoms with Crippen molar-refractivity contribution in [3.8, 4) is 6.07 Å². The van der Waals surface area contributed by atoms with Gasteiger partial charge in [0.1, 0.15) is 16.6 Å². The molecule has 1 aromatic carbocycles. The third-order valence-corrected chi connectivity index (χ3v) is 5.20. The number of ether oxygens (including phenoxy) is 1. The van der Waals surface area contributed by atoms with Crippen LogP contribution in [0.15, 0.2) is 11.6 Å². The molecule has 2 rings (SSSR count). The third kappa shape index (κ3) is 4.33. The van der Waals surface area contributed by atoms with E-state index in [0.29, 0.717) is 4.88 Å². The minimum atomic E-state index is -2.37. The Morgan fingerprint density at radius 2 is 1.63 bits per heavy atom. The second-order valence-electron chi connectivity index (χ2n) is 6.15. The summed E-state index contributed by atoms with van der Waals surface area (Å²) in [6, 6.07) is 2.81. The van der Waals surface area contributed by atoms with Crippen molar-refractivity contribution in [2.45, 2.75) is 19.8 Å². The Kier molecular flexibility index (Phi) is 6.94. The van der Waals surface area contributed by atoms with E-state index >= 15 is 0 Å². The Morgan fingerprint density at radius 3 is 2.10 bits per heavy atom. The lowest BCUT2D eigenvalue weighted by Crippen LogP contribution is -2.15. The molecule has 0 spiro atoms. The molecule has 158 valence electrons. The Balaban J connectivity index is 2.49. The molecule has 1 amide bonds. The number of nitrogens with zero attached hydrogens (tertiary/aromatic N) is 1. The van der Waals surface area contributed by atoms with Crippen LogP contribution in [-0.4, -0.2) is 19.0 Å². The van der Waals surface area contributed by atoms with Gasteiger partial charge in [-0.3, -0.25) is 4.79 Å². The van der Waals surface area contributed by atoms with Crippen molar-refractivity contribution in [1.29, 1.82) is 5.26 Å². The van der Waals surface area contributed by atoms with E-state index < -0.39 is 52.1 Å². The van der Waals surface area contributed by atoms with E-state index in [2.05, 4.69) is 10.1 Å². The molecule has 0 aliphatic rings. The van der Waals surface area contributed by atoms with Crippen LogP contribution in [-0.2, 0) is 9.53 Å². The van der Waals surface area contributed by atoms with Gasteiger partial charge in [-0.2, -0.15) is 5.26 Å². The van der Waals surface area contributed by atoms with Crippen LogP contribution in [0.1, 0.15) is 40.6 Å². The number of hydrogen-bond acceptors (Lipinski definition) is 5. The largest absolute Gasteiger partial charge is 0.465 e. The highest BCUT2D eigenvalue weighted by Crippen LogP contribution is 2.34. The maximum absolute atomic E-state index is 13.8. The molecule has 11 heteroatoms. The summed E-state index contributed by atoms with van der Waals surface area (Å²) in [5.41, 5.74) is -2.41. The van der Waals surface area contributed by atoms with Crippen LogP contribution >= 0.6 is 11.3 Å². The number of rotatable bonds is 5. The van der Waals surface area contributed by atoms with Gasteiger partial charge in [-0.1, -0.05) is 13.8 Å². The molecule has 1 aromatic heterocycles. The summed E-state index contributed by atoms with van der Waals surface area (Å²) in [6.45, 7) is 3.64. The average Bonchev–Trinajstić information content (AvgIpc) is 3.14. The summed E-state index contributed by atoms with van der Waals surface area (Å²) in [5, 5.41) is 11.4. The molecule has 0 saturated carbocycles. The van der Waals surface area contributed by atoms with Crippen molar-refractivity contribution >= 4 is 34.3 Å². The summed E-state index contributed by atoms with van der Waals surface area (Å²) in [7, 11) is 1.12. The molecule has 0 aliphatic carbocycles. The zero-order valence-electron chi connectivity index (χ0n) is 15.7. The first-order valence-corrected chi connectivity index (χ1v) is 9.01. The molecule has 0 unspecified atom stereocenters. The fourth-order valence-corrected chi connectivity index (χ4v) is 3.31. The van der Waals surface area contributed by atoms with E-state index in [1.54, 1.807) is 0 Å². The number of amides is 1. The minimum absolute atomic E-state index is 0.00545. The van der Waals surface area contributed by atoms with Crippen LogP contribution in [0.3, 0.4) is 0 Å². The normalized spacial score (nSPS) is 11.4. The molecule has 0 aliphatic heterocycles. The zero-order chi connectivity index (χ0) is 22.7. The van der Waals surface area contributed by atoms with E-state index in [1.807, 2.05) is 13.8 Å². The summed E-state index contributed by atoms with van der Waals surface area (Å²) in [4.78, 5) is 25.0. The number of anilines is 1. The van der Waals surface area contributed by atoms with Crippen LogP contribution in [0.4, 0.5) is 27.0 Å². The van der Waals surface area contributed by atoms with Crippen LogP contribution in [0.2, 0.25) is 0 Å². The summed E-state index contributed by atoms with van der Waals surface area (Å²) >= 11 is 1.000. The molecule has 0 atom stereocenters. The molecule has 30 heavy (non-hydrogen) atoms. The lowest BCUT2D eigenvalue weighted by Gasteiger charge is -2.07. The number of methoxy groups -OCH3 is 1. The lowest BCUT2D eigenvalue weighted by atomic mass is 10.1. The van der Waals surface area contributed by atoms with E-state index in [-0.39, 0.29) is 22.6 Å². The van der Waals surface area contributed by atoms with Gasteiger partial charge in [-0.25, -0.2) is 26.7 Å². The van der Waals surface area contributed by atoms with Gasteiger partial charge in [0.05, 0.1) is 18.2 Å². The topological polar surface area (TPSA) is 79.2 Å². The van der Waals surface area contributed by atoms with E-state index in [4.69, 9.17) is 5.26 Å². The number of hydrogen-bond donors (Lipinski definition) is 1. The van der Waals surface area contributed by atoms with Gasteiger partial charge < -0.3 is 10.1 Å². The van der Waals surface area contributed by atoms with E-state index in [0.717, 1.165) is 18.4 Å². The Morgan fingerprint density at radius 1 is 1.10 bits per heavy atom. The summed E-state index contributed by atoms with van der Waals surface area (Å²) in [6.07, 6.45) is 0.236. The number of carbonyl (C=O) groups is 2. The highest BCUT2D eigenvalue weighted by Gasteiger charge is 2.26. The monoisotopic (exact) mass is 444 g/mol. The van der Waals surface area contributed by atoms with Gasteiger partial charge in [0.25, 0.3) is 5.91 Å². The Hall–Kier alpha value is -3.26. The van der Waals surface area contributed by atoms with Crippen LogP contribution < -0.4 is 5.32 Å². The van der Waals surface area contributed by atoms with E-state index in [9.17, 15) is 31.5 Å². The number of carbonyl (C=O) groups excluding carboxylic acids is 2. The molecule has 0 saturated heterocycles. The molecular formula is C19H13F5N2O3S. The molecule has 5 nitrogen and oxygen atoms in total. The fraction of sp³-hybridized carbons (Fsp3) is 0.211. The van der Waals surface area contributed by atoms with Crippen molar-refractivity contribution in [3.05, 3.63) is 56.7 Å². The van der Waals surface area contributed by atoms with Gasteiger partial charge in [0, 0.05) is 4.88 Å². The van der Waals surface area contributed by atoms with Crippen molar-refractivity contribution in [1.82, 2.24) is 0 Å². The standard InChI is InChI=1S/C19H13F5N2O3S/c1-7(2)11-5-10(19(28)29-3)18(30-11)26-17(27)8(6-25)4-9-12(20)14(22)16(24)15(23)13(9)21/h4-5,7H,1-3H3,(H,26,27). The van der Waals surface area contributed by atoms with E-state index in [1.165, 1.54) is 12.1 Å². The average molecular weight is 444 g/mol. The van der Waals surface area contributed by atoms with Gasteiger partial charge >= 0.3 is 5.97 Å². The molecule has 2 aromatic rings. The number of halogens is 5. The van der Waals surface area contributed by atoms with Gasteiger partial charge in [0.15, 0.2) is 23.3 Å². The molecular weight excluding hydrogens is 431 g/mol. The molecule has 0 radical (unpaired) electrons. The van der Waals surface area contributed by atoms with Crippen LogP contribution in [0.25, 0.3) is 6.08 Å². The highest BCUT2D eigenvalue weighted by atomic mass is 32.1. The number of benzene rings is 1. The first kappa shape index (κ1) is 23.0. The minimum Gasteiger partial charge on any atom is -0.465 e. The number of thiophene rings is 1. The van der Waals surface area contributed by atoms with Crippen molar-refractivity contribution in [2.24, 2.45) is 0 Å². The maximum atomic E-state index is 13.8. The number of nitriles is 1. The maximum Gasteiger partial charge on any atom is 0.340 e. The second kappa shape index (κ2) is 9.04. The lowest BCUT2D eigenvalue weighted by molar-refractivity contribution is -0.112. The Bertz CT molecular complexity index is 1070. The summed E-state index contributed by atoms with van der Waals surface area (Å²) < 4.78 is 72.1. The van der Waals surface area contributed by atoms with Crippen molar-refractivity contribution in [2.75, 3.05) is 12.4 Å².